The lowest BCUT2D eigenvalue weighted by Gasteiger charge is -2.37. The molecular weight excluding hydrogens is 310 g/mol. The van der Waals surface area contributed by atoms with Crippen LogP contribution in [0.4, 0.5) is 5.69 Å². The fraction of sp³-hybridized carbons (Fsp3) is 0.588. The van der Waals surface area contributed by atoms with Crippen molar-refractivity contribution in [1.82, 2.24) is 9.88 Å². The van der Waals surface area contributed by atoms with Gasteiger partial charge in [0.2, 0.25) is 0 Å². The number of nitrogens with zero attached hydrogens (tertiary/aromatic N) is 3. The number of carboxylic acids is 1. The van der Waals surface area contributed by atoms with Gasteiger partial charge >= 0.3 is 5.97 Å². The SMILES string of the molecule is CC1CN(c2ccnc(C(=O)N3CCC[C@H]3C(=O)O)c2)CC(C)O1. The minimum absolute atomic E-state index is 0.121. The van der Waals surface area contributed by atoms with Gasteiger partial charge in [0.05, 0.1) is 12.2 Å². The van der Waals surface area contributed by atoms with E-state index >= 15 is 0 Å². The van der Waals surface area contributed by atoms with Crippen LogP contribution in [0.3, 0.4) is 0 Å². The summed E-state index contributed by atoms with van der Waals surface area (Å²) in [5.74, 6) is -1.26. The predicted molar refractivity (Wildman–Crippen MR) is 88.2 cm³/mol. The Morgan fingerprint density at radius 3 is 2.67 bits per heavy atom. The third-order valence-electron chi connectivity index (χ3n) is 4.55. The molecule has 1 aromatic heterocycles. The molecule has 2 unspecified atom stereocenters. The molecule has 1 N–H and O–H groups in total. The van der Waals surface area contributed by atoms with E-state index in [1.54, 1.807) is 12.3 Å². The minimum atomic E-state index is -0.951. The molecule has 0 saturated carbocycles. The van der Waals surface area contributed by atoms with Gasteiger partial charge in [0.15, 0.2) is 0 Å². The lowest BCUT2D eigenvalue weighted by molar-refractivity contribution is -0.141. The number of pyridine rings is 1. The van der Waals surface area contributed by atoms with Crippen LogP contribution >= 0.6 is 0 Å². The molecule has 2 fully saturated rings. The van der Waals surface area contributed by atoms with Gasteiger partial charge in [-0.3, -0.25) is 9.78 Å². The molecule has 1 amide bonds. The number of carbonyl (C=O) groups excluding carboxylic acids is 1. The van der Waals surface area contributed by atoms with Crippen molar-refractivity contribution in [1.29, 1.82) is 0 Å². The molecule has 0 radical (unpaired) electrons. The molecule has 3 rings (SSSR count). The first-order valence-corrected chi connectivity index (χ1v) is 8.36. The highest BCUT2D eigenvalue weighted by atomic mass is 16.5. The molecule has 3 heterocycles. The van der Waals surface area contributed by atoms with Crippen LogP contribution in [0.25, 0.3) is 0 Å². The van der Waals surface area contributed by atoms with E-state index < -0.39 is 12.0 Å². The van der Waals surface area contributed by atoms with Gasteiger partial charge in [-0.1, -0.05) is 0 Å². The number of hydrogen-bond acceptors (Lipinski definition) is 5. The maximum absolute atomic E-state index is 12.7. The molecular formula is C17H23N3O4. The maximum Gasteiger partial charge on any atom is 0.326 e. The quantitative estimate of drug-likeness (QED) is 0.900. The molecule has 7 heteroatoms. The lowest BCUT2D eigenvalue weighted by Crippen LogP contribution is -2.45. The van der Waals surface area contributed by atoms with Crippen LogP contribution in [-0.4, -0.2) is 64.8 Å². The van der Waals surface area contributed by atoms with Gasteiger partial charge in [-0.05, 0) is 38.8 Å². The third kappa shape index (κ3) is 3.36. The Hall–Kier alpha value is -2.15. The molecule has 2 aliphatic rings. The largest absolute Gasteiger partial charge is 0.480 e. The van der Waals surface area contributed by atoms with Crippen LogP contribution in [0.1, 0.15) is 37.2 Å². The monoisotopic (exact) mass is 333 g/mol. The Kier molecular flexibility index (Phi) is 4.71. The zero-order valence-corrected chi connectivity index (χ0v) is 14.0. The smallest absolute Gasteiger partial charge is 0.326 e. The standard InChI is InChI=1S/C17H23N3O4/c1-11-9-19(10-12(2)24-11)13-5-6-18-14(8-13)16(21)20-7-3-4-15(20)17(22)23/h5-6,8,11-12,15H,3-4,7,9-10H2,1-2H3,(H,22,23)/t11?,12?,15-/m0/s1. The third-order valence-corrected chi connectivity index (χ3v) is 4.55. The number of amides is 1. The van der Waals surface area contributed by atoms with Crippen molar-refractivity contribution >= 4 is 17.6 Å². The van der Waals surface area contributed by atoms with Crippen LogP contribution in [0.5, 0.6) is 0 Å². The maximum atomic E-state index is 12.7. The summed E-state index contributed by atoms with van der Waals surface area (Å²) in [6, 6.07) is 2.89. The first kappa shape index (κ1) is 16.7. The van der Waals surface area contributed by atoms with E-state index in [2.05, 4.69) is 9.88 Å². The van der Waals surface area contributed by atoms with Crippen molar-refractivity contribution < 1.29 is 19.4 Å². The van der Waals surface area contributed by atoms with Crippen LogP contribution in [0.15, 0.2) is 18.3 Å². The highest BCUT2D eigenvalue weighted by molar-refractivity contribution is 5.96. The van der Waals surface area contributed by atoms with Gasteiger partial charge in [0.25, 0.3) is 5.91 Å². The molecule has 0 aromatic carbocycles. The number of aliphatic carboxylic acids is 1. The summed E-state index contributed by atoms with van der Waals surface area (Å²) in [5.41, 5.74) is 1.22. The number of morpholine rings is 1. The van der Waals surface area contributed by atoms with Crippen molar-refractivity contribution in [2.75, 3.05) is 24.5 Å². The molecule has 2 aliphatic heterocycles. The summed E-state index contributed by atoms with van der Waals surface area (Å²) in [5, 5.41) is 9.26. The number of aromatic nitrogens is 1. The van der Waals surface area contributed by atoms with Crippen molar-refractivity contribution in [3.8, 4) is 0 Å². The first-order chi connectivity index (χ1) is 11.5. The average molecular weight is 333 g/mol. The van der Waals surface area contributed by atoms with Gasteiger partial charge in [0, 0.05) is 31.5 Å². The molecule has 3 atom stereocenters. The minimum Gasteiger partial charge on any atom is -0.480 e. The molecule has 2 saturated heterocycles. The van der Waals surface area contributed by atoms with E-state index in [1.165, 1.54) is 4.90 Å². The van der Waals surface area contributed by atoms with Gasteiger partial charge < -0.3 is 19.6 Å². The van der Waals surface area contributed by atoms with E-state index in [0.717, 1.165) is 18.8 Å². The molecule has 1 aromatic rings. The number of anilines is 1. The Labute approximate surface area is 141 Å². The Morgan fingerprint density at radius 2 is 2.00 bits per heavy atom. The highest BCUT2D eigenvalue weighted by Gasteiger charge is 2.35. The van der Waals surface area contributed by atoms with E-state index in [0.29, 0.717) is 25.1 Å². The van der Waals surface area contributed by atoms with E-state index in [9.17, 15) is 14.7 Å². The van der Waals surface area contributed by atoms with Gasteiger partial charge in [-0.2, -0.15) is 0 Å². The summed E-state index contributed by atoms with van der Waals surface area (Å²) in [6.07, 6.45) is 3.06. The molecule has 0 bridgehead atoms. The summed E-state index contributed by atoms with van der Waals surface area (Å²) in [7, 11) is 0. The summed E-state index contributed by atoms with van der Waals surface area (Å²) in [4.78, 5) is 31.7. The first-order valence-electron chi connectivity index (χ1n) is 8.36. The summed E-state index contributed by atoms with van der Waals surface area (Å²) in [6.45, 7) is 6.02. The fourth-order valence-electron chi connectivity index (χ4n) is 3.54. The van der Waals surface area contributed by atoms with Gasteiger partial charge in [-0.15, -0.1) is 0 Å². The van der Waals surface area contributed by atoms with Crippen LogP contribution < -0.4 is 4.90 Å². The lowest BCUT2D eigenvalue weighted by atomic mass is 10.2. The number of likely N-dealkylation sites (tertiary alicyclic amines) is 1. The predicted octanol–water partition coefficient (Wildman–Crippen LogP) is 1.38. The van der Waals surface area contributed by atoms with E-state index in [-0.39, 0.29) is 18.1 Å². The van der Waals surface area contributed by atoms with Crippen molar-refractivity contribution in [3.05, 3.63) is 24.0 Å². The fourth-order valence-corrected chi connectivity index (χ4v) is 3.54. The van der Waals surface area contributed by atoms with Gasteiger partial charge in [-0.25, -0.2) is 4.79 Å². The summed E-state index contributed by atoms with van der Waals surface area (Å²) < 4.78 is 5.74. The summed E-state index contributed by atoms with van der Waals surface area (Å²) >= 11 is 0. The van der Waals surface area contributed by atoms with Crippen molar-refractivity contribution in [3.63, 3.8) is 0 Å². The second kappa shape index (κ2) is 6.76. The number of ether oxygens (including phenoxy) is 1. The normalized spacial score (nSPS) is 27.3. The van der Waals surface area contributed by atoms with Crippen molar-refractivity contribution in [2.24, 2.45) is 0 Å². The van der Waals surface area contributed by atoms with Crippen LogP contribution in [0, 0.1) is 0 Å². The van der Waals surface area contributed by atoms with E-state index in [1.807, 2.05) is 19.9 Å². The number of carbonyl (C=O) groups is 2. The van der Waals surface area contributed by atoms with Crippen LogP contribution in [0.2, 0.25) is 0 Å². The Morgan fingerprint density at radius 1 is 1.29 bits per heavy atom. The molecule has 24 heavy (non-hydrogen) atoms. The second-order valence-electron chi connectivity index (χ2n) is 6.56. The van der Waals surface area contributed by atoms with Gasteiger partial charge in [0.1, 0.15) is 11.7 Å². The van der Waals surface area contributed by atoms with Crippen molar-refractivity contribution in [2.45, 2.75) is 44.9 Å². The second-order valence-corrected chi connectivity index (χ2v) is 6.56. The van der Waals surface area contributed by atoms with E-state index in [4.69, 9.17) is 4.74 Å². The Bertz CT molecular complexity index is 626. The topological polar surface area (TPSA) is 83.0 Å². The highest BCUT2D eigenvalue weighted by Crippen LogP contribution is 2.23. The molecule has 7 nitrogen and oxygen atoms in total. The molecule has 0 spiro atoms. The molecule has 130 valence electrons. The Balaban J connectivity index is 1.80. The molecule has 0 aliphatic carbocycles. The van der Waals surface area contributed by atoms with Crippen LogP contribution in [-0.2, 0) is 9.53 Å². The average Bonchev–Trinajstić information content (AvgIpc) is 3.03. The number of carboxylic acid groups (broad SMARTS) is 1. The number of rotatable bonds is 3. The zero-order valence-electron chi connectivity index (χ0n) is 14.0. The zero-order chi connectivity index (χ0) is 17.3. The number of hydrogen-bond donors (Lipinski definition) is 1.